The van der Waals surface area contributed by atoms with Crippen molar-refractivity contribution in [3.05, 3.63) is 40.7 Å². The van der Waals surface area contributed by atoms with Gasteiger partial charge in [-0.15, -0.1) is 0 Å². The van der Waals surface area contributed by atoms with Crippen LogP contribution in [0.5, 0.6) is 5.75 Å². The number of hydrogen-bond donors (Lipinski definition) is 1. The van der Waals surface area contributed by atoms with Crippen molar-refractivity contribution >= 4 is 23.2 Å². The van der Waals surface area contributed by atoms with Gasteiger partial charge in [0.05, 0.1) is 41.3 Å². The summed E-state index contributed by atoms with van der Waals surface area (Å²) in [6.07, 6.45) is 7.17. The van der Waals surface area contributed by atoms with Crippen LogP contribution in [0.15, 0.2) is 24.4 Å². The number of methoxy groups -OCH3 is 1. The number of halogens is 1. The zero-order chi connectivity index (χ0) is 17.1. The van der Waals surface area contributed by atoms with Crippen molar-refractivity contribution in [3.63, 3.8) is 0 Å². The van der Waals surface area contributed by atoms with Gasteiger partial charge in [0.1, 0.15) is 5.75 Å². The number of benzene rings is 1. The summed E-state index contributed by atoms with van der Waals surface area (Å²) in [5.74, 6) is 0.457. The van der Waals surface area contributed by atoms with Crippen LogP contribution in [0, 0.1) is 0 Å². The van der Waals surface area contributed by atoms with E-state index in [0.29, 0.717) is 28.1 Å². The summed E-state index contributed by atoms with van der Waals surface area (Å²) in [4.78, 5) is 12.7. The van der Waals surface area contributed by atoms with E-state index < -0.39 is 0 Å². The highest BCUT2D eigenvalue weighted by Crippen LogP contribution is 2.32. The fourth-order valence-corrected chi connectivity index (χ4v) is 3.47. The molecule has 1 heterocycles. The van der Waals surface area contributed by atoms with Gasteiger partial charge in [-0.2, -0.15) is 5.10 Å². The van der Waals surface area contributed by atoms with E-state index in [-0.39, 0.29) is 5.91 Å². The molecule has 0 atom stereocenters. The van der Waals surface area contributed by atoms with Gasteiger partial charge >= 0.3 is 0 Å². The second kappa shape index (κ2) is 7.26. The van der Waals surface area contributed by atoms with Crippen LogP contribution in [-0.2, 0) is 6.42 Å². The van der Waals surface area contributed by atoms with Gasteiger partial charge in [-0.05, 0) is 31.4 Å². The van der Waals surface area contributed by atoms with Crippen LogP contribution in [0.4, 0.5) is 5.69 Å². The fraction of sp³-hybridized carbons (Fsp3) is 0.444. The minimum Gasteiger partial charge on any atom is -0.497 e. The third-order valence-electron chi connectivity index (χ3n) is 4.57. The SMILES string of the molecule is CCc1c(C(=O)Nc2cc(OC)ccc2Cl)cnn1C1CCCC1. The monoisotopic (exact) mass is 347 g/mol. The van der Waals surface area contributed by atoms with Crippen molar-refractivity contribution < 1.29 is 9.53 Å². The average molecular weight is 348 g/mol. The quantitative estimate of drug-likeness (QED) is 0.867. The Kier molecular flexibility index (Phi) is 5.09. The van der Waals surface area contributed by atoms with Crippen molar-refractivity contribution in [1.82, 2.24) is 9.78 Å². The Hall–Kier alpha value is -2.01. The molecule has 5 nitrogen and oxygen atoms in total. The van der Waals surface area contributed by atoms with Crippen molar-refractivity contribution in [3.8, 4) is 5.75 Å². The fourth-order valence-electron chi connectivity index (χ4n) is 3.31. The first-order valence-corrected chi connectivity index (χ1v) is 8.73. The Morgan fingerprint density at radius 2 is 2.17 bits per heavy atom. The van der Waals surface area contributed by atoms with E-state index in [0.717, 1.165) is 25.0 Å². The van der Waals surface area contributed by atoms with Gasteiger partial charge in [-0.3, -0.25) is 9.48 Å². The number of hydrogen-bond acceptors (Lipinski definition) is 3. The summed E-state index contributed by atoms with van der Waals surface area (Å²) < 4.78 is 7.22. The number of nitrogens with zero attached hydrogens (tertiary/aromatic N) is 2. The van der Waals surface area contributed by atoms with Crippen LogP contribution in [0.2, 0.25) is 5.02 Å². The first-order valence-electron chi connectivity index (χ1n) is 8.35. The molecule has 0 unspecified atom stereocenters. The van der Waals surface area contributed by atoms with E-state index in [4.69, 9.17) is 16.3 Å². The molecule has 3 rings (SSSR count). The second-order valence-electron chi connectivity index (χ2n) is 6.04. The van der Waals surface area contributed by atoms with Crippen molar-refractivity contribution in [1.29, 1.82) is 0 Å². The Morgan fingerprint density at radius 1 is 1.42 bits per heavy atom. The molecule has 1 aromatic carbocycles. The highest BCUT2D eigenvalue weighted by atomic mass is 35.5. The first kappa shape index (κ1) is 16.8. The molecule has 1 saturated carbocycles. The number of ether oxygens (including phenoxy) is 1. The predicted octanol–water partition coefficient (Wildman–Crippen LogP) is 4.47. The van der Waals surface area contributed by atoms with Crippen molar-refractivity contribution in [2.75, 3.05) is 12.4 Å². The average Bonchev–Trinajstić information content (AvgIpc) is 3.25. The van der Waals surface area contributed by atoms with Crippen LogP contribution in [0.25, 0.3) is 0 Å². The summed E-state index contributed by atoms with van der Waals surface area (Å²) in [7, 11) is 1.58. The van der Waals surface area contributed by atoms with Gasteiger partial charge < -0.3 is 10.1 Å². The molecule has 0 aliphatic heterocycles. The summed E-state index contributed by atoms with van der Waals surface area (Å²) in [6.45, 7) is 2.05. The highest BCUT2D eigenvalue weighted by Gasteiger charge is 2.24. The minimum absolute atomic E-state index is 0.189. The Bertz CT molecular complexity index is 736. The molecule has 2 aromatic rings. The maximum absolute atomic E-state index is 12.7. The molecule has 128 valence electrons. The second-order valence-corrected chi connectivity index (χ2v) is 6.45. The van der Waals surface area contributed by atoms with Crippen LogP contribution in [0.1, 0.15) is 54.7 Å². The summed E-state index contributed by atoms with van der Waals surface area (Å²) in [5.41, 5.74) is 2.14. The van der Waals surface area contributed by atoms with Crippen molar-refractivity contribution in [2.45, 2.75) is 45.1 Å². The molecule has 0 saturated heterocycles. The van der Waals surface area contributed by atoms with Gasteiger partial charge in [-0.25, -0.2) is 0 Å². The Labute approximate surface area is 147 Å². The molecule has 0 bridgehead atoms. The van der Waals surface area contributed by atoms with Gasteiger partial charge in [0.2, 0.25) is 0 Å². The lowest BCUT2D eigenvalue weighted by molar-refractivity contribution is 0.102. The predicted molar refractivity (Wildman–Crippen MR) is 95.1 cm³/mol. The lowest BCUT2D eigenvalue weighted by Crippen LogP contribution is -2.16. The van der Waals surface area contributed by atoms with E-state index in [1.165, 1.54) is 12.8 Å². The number of nitrogens with one attached hydrogen (secondary N) is 1. The normalized spacial score (nSPS) is 14.8. The van der Waals surface area contributed by atoms with E-state index >= 15 is 0 Å². The van der Waals surface area contributed by atoms with Crippen LogP contribution >= 0.6 is 11.6 Å². The van der Waals surface area contributed by atoms with E-state index in [2.05, 4.69) is 17.3 Å². The number of aromatic nitrogens is 2. The molecule has 0 spiro atoms. The highest BCUT2D eigenvalue weighted by molar-refractivity contribution is 6.34. The molecular formula is C18H22ClN3O2. The van der Waals surface area contributed by atoms with Crippen LogP contribution in [0.3, 0.4) is 0 Å². The topological polar surface area (TPSA) is 56.1 Å². The van der Waals surface area contributed by atoms with E-state index in [1.807, 2.05) is 4.68 Å². The van der Waals surface area contributed by atoms with Gasteiger partial charge in [0.25, 0.3) is 5.91 Å². The number of carbonyl (C=O) groups excluding carboxylic acids is 1. The van der Waals surface area contributed by atoms with Gasteiger partial charge in [0.15, 0.2) is 0 Å². The molecule has 1 aliphatic carbocycles. The molecule has 1 aliphatic rings. The van der Waals surface area contributed by atoms with Gasteiger partial charge in [0, 0.05) is 6.07 Å². The smallest absolute Gasteiger partial charge is 0.259 e. The number of anilines is 1. The Morgan fingerprint density at radius 3 is 2.83 bits per heavy atom. The molecule has 6 heteroatoms. The summed E-state index contributed by atoms with van der Waals surface area (Å²) >= 11 is 6.18. The van der Waals surface area contributed by atoms with E-state index in [9.17, 15) is 4.79 Å². The summed E-state index contributed by atoms with van der Waals surface area (Å²) in [5, 5.41) is 7.84. The minimum atomic E-state index is -0.189. The largest absolute Gasteiger partial charge is 0.497 e. The molecule has 1 N–H and O–H groups in total. The summed E-state index contributed by atoms with van der Waals surface area (Å²) in [6, 6.07) is 5.60. The molecular weight excluding hydrogens is 326 g/mol. The van der Waals surface area contributed by atoms with Crippen molar-refractivity contribution in [2.24, 2.45) is 0 Å². The number of amides is 1. The third-order valence-corrected chi connectivity index (χ3v) is 4.90. The maximum Gasteiger partial charge on any atom is 0.259 e. The van der Waals surface area contributed by atoms with Crippen LogP contribution in [-0.4, -0.2) is 22.8 Å². The van der Waals surface area contributed by atoms with Gasteiger partial charge in [-0.1, -0.05) is 31.4 Å². The Balaban J connectivity index is 1.85. The van der Waals surface area contributed by atoms with Crippen LogP contribution < -0.4 is 10.1 Å². The maximum atomic E-state index is 12.7. The lowest BCUT2D eigenvalue weighted by Gasteiger charge is -2.14. The van der Waals surface area contributed by atoms with E-state index in [1.54, 1.807) is 31.5 Å². The molecule has 1 amide bonds. The zero-order valence-electron chi connectivity index (χ0n) is 14.0. The first-order chi connectivity index (χ1) is 11.6. The third kappa shape index (κ3) is 3.26. The molecule has 1 aromatic heterocycles. The standard InChI is InChI=1S/C18H22ClN3O2/c1-3-17-14(11-20-22(17)12-6-4-5-7-12)18(23)21-16-10-13(24-2)8-9-15(16)19/h8-12H,3-7H2,1-2H3,(H,21,23). The molecule has 0 radical (unpaired) electrons. The molecule has 1 fully saturated rings. The lowest BCUT2D eigenvalue weighted by atomic mass is 10.1. The molecule has 24 heavy (non-hydrogen) atoms. The number of carbonyl (C=O) groups is 1. The zero-order valence-corrected chi connectivity index (χ0v) is 14.8. The number of rotatable bonds is 5.